The van der Waals surface area contributed by atoms with Gasteiger partial charge < -0.3 is 19.9 Å². The van der Waals surface area contributed by atoms with Gasteiger partial charge in [-0.05, 0) is 53.5 Å². The third-order valence-electron chi connectivity index (χ3n) is 5.70. The van der Waals surface area contributed by atoms with Crippen molar-refractivity contribution in [2.24, 2.45) is 0 Å². The number of rotatable bonds is 7. The maximum absolute atomic E-state index is 12.1. The van der Waals surface area contributed by atoms with Crippen molar-refractivity contribution < 1.29 is 14.7 Å². The average molecular weight is 469 g/mol. The molecule has 0 atom stereocenters. The predicted octanol–water partition coefficient (Wildman–Crippen LogP) is 5.97. The fraction of sp³-hybridized carbons (Fsp3) is 0.179. The van der Waals surface area contributed by atoms with Crippen molar-refractivity contribution in [1.82, 2.24) is 14.5 Å². The molecule has 0 aliphatic rings. The van der Waals surface area contributed by atoms with Crippen LogP contribution in [-0.2, 0) is 6.54 Å². The average Bonchev–Trinajstić information content (AvgIpc) is 3.19. The van der Waals surface area contributed by atoms with Crippen LogP contribution in [0.5, 0.6) is 0 Å². The zero-order valence-corrected chi connectivity index (χ0v) is 20.0. The van der Waals surface area contributed by atoms with E-state index >= 15 is 0 Å². The summed E-state index contributed by atoms with van der Waals surface area (Å²) in [7, 11) is 3.40. The maximum atomic E-state index is 12.1. The molecule has 35 heavy (non-hydrogen) atoms. The number of carboxylic acids is 1. The van der Waals surface area contributed by atoms with E-state index in [0.717, 1.165) is 34.4 Å². The summed E-state index contributed by atoms with van der Waals surface area (Å²) in [6, 6.07) is 20.4. The van der Waals surface area contributed by atoms with Crippen molar-refractivity contribution in [3.8, 4) is 11.1 Å². The number of anilines is 1. The zero-order chi connectivity index (χ0) is 24.9. The number of hydrogen-bond acceptors (Lipinski definition) is 3. The molecule has 0 saturated carbocycles. The summed E-state index contributed by atoms with van der Waals surface area (Å²) in [5, 5.41) is 12.4. The van der Waals surface area contributed by atoms with E-state index in [1.54, 1.807) is 26.2 Å². The Morgan fingerprint density at radius 2 is 1.80 bits per heavy atom. The number of benzene rings is 3. The molecule has 3 aromatic carbocycles. The molecular formula is C28H28N4O3. The lowest BCUT2D eigenvalue weighted by Gasteiger charge is -2.13. The number of aromatic nitrogens is 2. The number of nitrogens with zero attached hydrogens (tertiary/aromatic N) is 3. The first-order chi connectivity index (χ1) is 16.9. The number of carboxylic acid groups (broad SMARTS) is 1. The molecule has 7 nitrogen and oxygen atoms in total. The van der Waals surface area contributed by atoms with Crippen LogP contribution >= 0.6 is 0 Å². The van der Waals surface area contributed by atoms with Gasteiger partial charge in [0, 0.05) is 26.3 Å². The second kappa shape index (κ2) is 10.3. The highest BCUT2D eigenvalue weighted by Crippen LogP contribution is 2.26. The number of urea groups is 1. The molecule has 0 aliphatic heterocycles. The molecule has 0 bridgehead atoms. The molecule has 7 heteroatoms. The third kappa shape index (κ3) is 5.24. The molecule has 0 saturated heterocycles. The molecule has 0 fully saturated rings. The van der Waals surface area contributed by atoms with Gasteiger partial charge in [0.25, 0.3) is 0 Å². The van der Waals surface area contributed by atoms with E-state index in [1.165, 1.54) is 4.90 Å². The highest BCUT2D eigenvalue weighted by Gasteiger charge is 2.13. The van der Waals surface area contributed by atoms with E-state index in [-0.39, 0.29) is 11.6 Å². The van der Waals surface area contributed by atoms with Crippen molar-refractivity contribution in [1.29, 1.82) is 0 Å². The van der Waals surface area contributed by atoms with Gasteiger partial charge in [0.05, 0.1) is 16.6 Å². The normalized spacial score (nSPS) is 11.2. The molecule has 4 aromatic rings. The van der Waals surface area contributed by atoms with Crippen LogP contribution in [0.3, 0.4) is 0 Å². The summed E-state index contributed by atoms with van der Waals surface area (Å²) in [6.07, 6.45) is 4.97. The van der Waals surface area contributed by atoms with Crippen molar-refractivity contribution in [2.75, 3.05) is 19.4 Å². The SMILES string of the molecule is CC/C=C/c1nc2ccc(NC(=O)N(C)C)cc2n1Cc1ccc(-c2ccccc2C(=O)O)cc1. The summed E-state index contributed by atoms with van der Waals surface area (Å²) in [5.41, 5.74) is 5.32. The Hall–Kier alpha value is -4.39. The number of amides is 2. The standard InChI is InChI=1S/C28H28N4O3/c1-4-5-10-26-30-24-16-15-21(29-28(35)31(2)3)17-25(24)32(26)18-19-11-13-20(14-12-19)22-8-6-7-9-23(22)27(33)34/h5-17H,4,18H2,1-3H3,(H,29,35)(H,33,34)/b10-5+. The van der Waals surface area contributed by atoms with Crippen LogP contribution in [0.2, 0.25) is 0 Å². The van der Waals surface area contributed by atoms with Crippen LogP contribution in [-0.4, -0.2) is 45.7 Å². The second-order valence-electron chi connectivity index (χ2n) is 8.44. The molecule has 2 amide bonds. The molecule has 2 N–H and O–H groups in total. The minimum Gasteiger partial charge on any atom is -0.478 e. The van der Waals surface area contributed by atoms with Gasteiger partial charge in [0.15, 0.2) is 0 Å². The fourth-order valence-corrected chi connectivity index (χ4v) is 3.86. The summed E-state index contributed by atoms with van der Waals surface area (Å²) in [4.78, 5) is 30.0. The molecule has 0 unspecified atom stereocenters. The van der Waals surface area contributed by atoms with Crippen LogP contribution < -0.4 is 5.32 Å². The number of carbonyl (C=O) groups is 2. The van der Waals surface area contributed by atoms with Gasteiger partial charge in [0.1, 0.15) is 5.82 Å². The number of nitrogens with one attached hydrogen (secondary N) is 1. The minimum absolute atomic E-state index is 0.196. The Morgan fingerprint density at radius 1 is 1.06 bits per heavy atom. The number of aromatic carboxylic acids is 1. The van der Waals surface area contributed by atoms with Crippen LogP contribution in [0, 0.1) is 0 Å². The van der Waals surface area contributed by atoms with Gasteiger partial charge in [-0.3, -0.25) is 0 Å². The molecule has 4 rings (SSSR count). The van der Waals surface area contributed by atoms with Gasteiger partial charge in [-0.1, -0.05) is 55.5 Å². The lowest BCUT2D eigenvalue weighted by atomic mass is 9.99. The van der Waals surface area contributed by atoms with E-state index in [4.69, 9.17) is 4.98 Å². The number of carbonyl (C=O) groups excluding carboxylic acids is 1. The maximum Gasteiger partial charge on any atom is 0.336 e. The smallest absolute Gasteiger partial charge is 0.336 e. The Kier molecular flexibility index (Phi) is 6.96. The Balaban J connectivity index is 1.70. The number of allylic oxidation sites excluding steroid dienone is 1. The van der Waals surface area contributed by atoms with E-state index in [2.05, 4.69) is 22.9 Å². The Labute approximate surface area is 204 Å². The van der Waals surface area contributed by atoms with Gasteiger partial charge in [0.2, 0.25) is 0 Å². The molecule has 0 radical (unpaired) electrons. The lowest BCUT2D eigenvalue weighted by Crippen LogP contribution is -2.27. The summed E-state index contributed by atoms with van der Waals surface area (Å²) < 4.78 is 2.12. The lowest BCUT2D eigenvalue weighted by molar-refractivity contribution is 0.0697. The monoisotopic (exact) mass is 468 g/mol. The van der Waals surface area contributed by atoms with Crippen molar-refractivity contribution in [3.05, 3.63) is 89.8 Å². The predicted molar refractivity (Wildman–Crippen MR) is 140 cm³/mol. The van der Waals surface area contributed by atoms with Crippen LogP contribution in [0.15, 0.2) is 72.8 Å². The fourth-order valence-electron chi connectivity index (χ4n) is 3.86. The zero-order valence-electron chi connectivity index (χ0n) is 20.0. The molecule has 1 heterocycles. The highest BCUT2D eigenvalue weighted by atomic mass is 16.4. The van der Waals surface area contributed by atoms with Crippen LogP contribution in [0.25, 0.3) is 28.2 Å². The first kappa shape index (κ1) is 23.8. The third-order valence-corrected chi connectivity index (χ3v) is 5.70. The first-order valence-corrected chi connectivity index (χ1v) is 11.4. The van der Waals surface area contributed by atoms with Gasteiger partial charge in [-0.25, -0.2) is 14.6 Å². The molecular weight excluding hydrogens is 440 g/mol. The van der Waals surface area contributed by atoms with E-state index in [1.807, 2.05) is 60.7 Å². The summed E-state index contributed by atoms with van der Waals surface area (Å²) >= 11 is 0. The van der Waals surface area contributed by atoms with Gasteiger partial charge in [-0.15, -0.1) is 0 Å². The van der Waals surface area contributed by atoms with Crippen LogP contribution in [0.1, 0.15) is 35.1 Å². The molecule has 1 aromatic heterocycles. The van der Waals surface area contributed by atoms with E-state index in [0.29, 0.717) is 17.8 Å². The van der Waals surface area contributed by atoms with E-state index < -0.39 is 5.97 Å². The van der Waals surface area contributed by atoms with Crippen LogP contribution in [0.4, 0.5) is 10.5 Å². The Bertz CT molecular complexity index is 1400. The number of hydrogen-bond donors (Lipinski definition) is 2. The second-order valence-corrected chi connectivity index (χ2v) is 8.44. The van der Waals surface area contributed by atoms with E-state index in [9.17, 15) is 14.7 Å². The van der Waals surface area contributed by atoms with Gasteiger partial charge >= 0.3 is 12.0 Å². The van der Waals surface area contributed by atoms with Gasteiger partial charge in [-0.2, -0.15) is 0 Å². The number of imidazole rings is 1. The largest absolute Gasteiger partial charge is 0.478 e. The minimum atomic E-state index is -0.945. The van der Waals surface area contributed by atoms with Crippen molar-refractivity contribution in [3.63, 3.8) is 0 Å². The number of fused-ring (bicyclic) bond motifs is 1. The van der Waals surface area contributed by atoms with Crippen molar-refractivity contribution in [2.45, 2.75) is 19.9 Å². The quantitative estimate of drug-likeness (QED) is 0.350. The van der Waals surface area contributed by atoms with Crippen molar-refractivity contribution >= 4 is 34.8 Å². The summed E-state index contributed by atoms with van der Waals surface area (Å²) in [5.74, 6) is -0.114. The molecule has 0 aliphatic carbocycles. The Morgan fingerprint density at radius 3 is 2.49 bits per heavy atom. The summed E-state index contributed by atoms with van der Waals surface area (Å²) in [6.45, 7) is 2.65. The first-order valence-electron chi connectivity index (χ1n) is 11.4. The molecule has 0 spiro atoms. The highest BCUT2D eigenvalue weighted by molar-refractivity contribution is 5.96. The topological polar surface area (TPSA) is 87.5 Å². The molecule has 178 valence electrons.